The van der Waals surface area contributed by atoms with Gasteiger partial charge in [0, 0.05) is 0 Å². The predicted octanol–water partition coefficient (Wildman–Crippen LogP) is 4.73. The lowest BCUT2D eigenvalue weighted by atomic mass is 9.97. The van der Waals surface area contributed by atoms with Crippen LogP contribution in [0.1, 0.15) is 40.9 Å². The number of rotatable bonds is 4. The molecule has 0 heterocycles. The van der Waals surface area contributed by atoms with Crippen LogP contribution in [0.5, 0.6) is 0 Å². The summed E-state index contributed by atoms with van der Waals surface area (Å²) in [6, 6.07) is 15.2. The maximum absolute atomic E-state index is 12.3. The quantitative estimate of drug-likeness (QED) is 0.757. The molecule has 0 saturated heterocycles. The van der Waals surface area contributed by atoms with E-state index in [0.29, 0.717) is 5.56 Å². The number of esters is 1. The van der Waals surface area contributed by atoms with Crippen LogP contribution in [0.3, 0.4) is 0 Å². The zero-order valence-electron chi connectivity index (χ0n) is 12.7. The Kier molecular flexibility index (Phi) is 4.27. The van der Waals surface area contributed by atoms with E-state index in [9.17, 15) is 4.79 Å². The molecule has 0 bridgehead atoms. The van der Waals surface area contributed by atoms with Gasteiger partial charge in [0.05, 0.1) is 5.56 Å². The number of benzene rings is 2. The Morgan fingerprint density at radius 1 is 1.05 bits per heavy atom. The van der Waals surface area contributed by atoms with Gasteiger partial charge in [0.2, 0.25) is 0 Å². The highest BCUT2D eigenvalue weighted by molar-refractivity contribution is 5.90. The summed E-state index contributed by atoms with van der Waals surface area (Å²) in [4.78, 5) is 12.3. The molecule has 0 radical (unpaired) electrons. The Hall–Kier alpha value is -2.35. The second kappa shape index (κ2) is 5.96. The molecule has 0 aromatic heterocycles. The van der Waals surface area contributed by atoms with Gasteiger partial charge in [-0.1, -0.05) is 54.6 Å². The van der Waals surface area contributed by atoms with Crippen LogP contribution in [0, 0.1) is 6.92 Å². The van der Waals surface area contributed by atoms with Gasteiger partial charge in [0.1, 0.15) is 5.60 Å². The van der Waals surface area contributed by atoms with Crippen molar-refractivity contribution in [2.45, 2.75) is 26.4 Å². The second-order valence-electron chi connectivity index (χ2n) is 5.59. The molecule has 0 amide bonds. The van der Waals surface area contributed by atoms with E-state index in [1.807, 2.05) is 57.2 Å². The Labute approximate surface area is 126 Å². The van der Waals surface area contributed by atoms with Crippen molar-refractivity contribution in [3.05, 3.63) is 77.4 Å². The maximum Gasteiger partial charge on any atom is 0.338 e. The van der Waals surface area contributed by atoms with E-state index in [1.165, 1.54) is 5.56 Å². The molecule has 0 aliphatic rings. The lowest BCUT2D eigenvalue weighted by Gasteiger charge is -2.26. The third-order valence-electron chi connectivity index (χ3n) is 3.48. The molecule has 0 N–H and O–H groups in total. The average Bonchev–Trinajstić information content (AvgIpc) is 2.47. The number of aryl methyl sites for hydroxylation is 1. The lowest BCUT2D eigenvalue weighted by Crippen LogP contribution is -2.25. The molecule has 0 fully saturated rings. The number of hydrogen-bond donors (Lipinski definition) is 0. The van der Waals surface area contributed by atoms with Crippen molar-refractivity contribution in [1.29, 1.82) is 0 Å². The fourth-order valence-electron chi connectivity index (χ4n) is 2.06. The number of hydrogen-bond acceptors (Lipinski definition) is 2. The minimum atomic E-state index is -0.665. The van der Waals surface area contributed by atoms with E-state index in [0.717, 1.165) is 11.1 Å². The predicted molar refractivity (Wildman–Crippen MR) is 86.2 cm³/mol. The van der Waals surface area contributed by atoms with Gasteiger partial charge in [-0.05, 0) is 44.0 Å². The molecular weight excluding hydrogens is 260 g/mol. The number of carbonyl (C=O) groups excluding carboxylic acids is 1. The molecule has 2 aromatic rings. The second-order valence-corrected chi connectivity index (χ2v) is 5.59. The molecule has 0 spiro atoms. The fourth-order valence-corrected chi connectivity index (χ4v) is 2.06. The van der Waals surface area contributed by atoms with Crippen molar-refractivity contribution in [2.24, 2.45) is 0 Å². The molecule has 108 valence electrons. The topological polar surface area (TPSA) is 26.3 Å². The Balaban J connectivity index is 2.16. The highest BCUT2D eigenvalue weighted by Gasteiger charge is 2.25. The van der Waals surface area contributed by atoms with Crippen molar-refractivity contribution in [3.8, 4) is 0 Å². The summed E-state index contributed by atoms with van der Waals surface area (Å²) in [7, 11) is 0. The van der Waals surface area contributed by atoms with E-state index in [-0.39, 0.29) is 5.97 Å². The van der Waals surface area contributed by atoms with Crippen LogP contribution in [0.15, 0.2) is 55.1 Å². The summed E-state index contributed by atoms with van der Waals surface area (Å²) in [6.45, 7) is 9.52. The van der Waals surface area contributed by atoms with E-state index < -0.39 is 5.60 Å². The van der Waals surface area contributed by atoms with E-state index in [2.05, 4.69) is 6.58 Å². The van der Waals surface area contributed by atoms with Gasteiger partial charge in [-0.25, -0.2) is 4.79 Å². The first-order valence-electron chi connectivity index (χ1n) is 6.95. The molecule has 2 aromatic carbocycles. The number of carbonyl (C=O) groups is 1. The van der Waals surface area contributed by atoms with Crippen LogP contribution < -0.4 is 0 Å². The molecule has 0 atom stereocenters. The van der Waals surface area contributed by atoms with Gasteiger partial charge >= 0.3 is 5.97 Å². The standard InChI is InChI=1S/C19H20O2/c1-5-15-8-10-16(11-9-15)18(20)21-19(3,4)17-12-6-14(2)7-13-17/h5-13H,1H2,2-4H3. The summed E-state index contributed by atoms with van der Waals surface area (Å²) >= 11 is 0. The maximum atomic E-state index is 12.3. The van der Waals surface area contributed by atoms with Crippen molar-refractivity contribution in [1.82, 2.24) is 0 Å². The zero-order chi connectivity index (χ0) is 15.5. The molecule has 2 rings (SSSR count). The largest absolute Gasteiger partial charge is 0.451 e. The molecule has 0 aliphatic heterocycles. The van der Waals surface area contributed by atoms with Gasteiger partial charge in [0.15, 0.2) is 0 Å². The fraction of sp³-hybridized carbons (Fsp3) is 0.211. The van der Waals surface area contributed by atoms with Gasteiger partial charge in [-0.3, -0.25) is 0 Å². The summed E-state index contributed by atoms with van der Waals surface area (Å²) in [5, 5.41) is 0. The molecule has 21 heavy (non-hydrogen) atoms. The van der Waals surface area contributed by atoms with E-state index >= 15 is 0 Å². The Morgan fingerprint density at radius 3 is 2.14 bits per heavy atom. The summed E-state index contributed by atoms with van der Waals surface area (Å²) in [5.74, 6) is -0.323. The molecular formula is C19H20O2. The Bertz CT molecular complexity index is 634. The van der Waals surface area contributed by atoms with Crippen LogP contribution in [-0.4, -0.2) is 5.97 Å². The lowest BCUT2D eigenvalue weighted by molar-refractivity contribution is -0.00312. The third kappa shape index (κ3) is 3.60. The monoisotopic (exact) mass is 280 g/mol. The van der Waals surface area contributed by atoms with Crippen LogP contribution in [0.4, 0.5) is 0 Å². The van der Waals surface area contributed by atoms with Crippen LogP contribution >= 0.6 is 0 Å². The molecule has 2 nitrogen and oxygen atoms in total. The summed E-state index contributed by atoms with van der Waals surface area (Å²) in [5.41, 5.74) is 3.01. The Morgan fingerprint density at radius 2 is 1.62 bits per heavy atom. The van der Waals surface area contributed by atoms with Crippen LogP contribution in [-0.2, 0) is 10.3 Å². The van der Waals surface area contributed by atoms with Gasteiger partial charge in [-0.15, -0.1) is 0 Å². The van der Waals surface area contributed by atoms with Crippen molar-refractivity contribution < 1.29 is 9.53 Å². The van der Waals surface area contributed by atoms with Gasteiger partial charge in [0.25, 0.3) is 0 Å². The molecule has 0 aliphatic carbocycles. The van der Waals surface area contributed by atoms with Gasteiger partial charge < -0.3 is 4.74 Å². The van der Waals surface area contributed by atoms with Crippen molar-refractivity contribution in [2.75, 3.05) is 0 Å². The SMILES string of the molecule is C=Cc1ccc(C(=O)OC(C)(C)c2ccc(C)cc2)cc1. The highest BCUT2D eigenvalue weighted by atomic mass is 16.6. The average molecular weight is 280 g/mol. The molecule has 0 saturated carbocycles. The smallest absolute Gasteiger partial charge is 0.338 e. The first-order chi connectivity index (χ1) is 9.92. The van der Waals surface area contributed by atoms with Crippen LogP contribution in [0.2, 0.25) is 0 Å². The minimum absolute atomic E-state index is 0.323. The first kappa shape index (κ1) is 15.0. The van der Waals surface area contributed by atoms with Gasteiger partial charge in [-0.2, -0.15) is 0 Å². The van der Waals surface area contributed by atoms with E-state index in [4.69, 9.17) is 4.74 Å². The normalized spacial score (nSPS) is 11.0. The van der Waals surface area contributed by atoms with Crippen LogP contribution in [0.25, 0.3) is 6.08 Å². The zero-order valence-corrected chi connectivity index (χ0v) is 12.7. The van der Waals surface area contributed by atoms with E-state index in [1.54, 1.807) is 18.2 Å². The number of ether oxygens (including phenoxy) is 1. The van der Waals surface area contributed by atoms with Crippen molar-refractivity contribution in [3.63, 3.8) is 0 Å². The molecule has 2 heteroatoms. The highest BCUT2D eigenvalue weighted by Crippen LogP contribution is 2.26. The minimum Gasteiger partial charge on any atom is -0.451 e. The first-order valence-corrected chi connectivity index (χ1v) is 6.95. The molecule has 0 unspecified atom stereocenters. The summed E-state index contributed by atoms with van der Waals surface area (Å²) < 4.78 is 5.66. The summed E-state index contributed by atoms with van der Waals surface area (Å²) in [6.07, 6.45) is 1.74. The van der Waals surface area contributed by atoms with Crippen molar-refractivity contribution >= 4 is 12.0 Å². The third-order valence-corrected chi connectivity index (χ3v) is 3.48.